The van der Waals surface area contributed by atoms with Crippen molar-refractivity contribution < 1.29 is 37.4 Å². The van der Waals surface area contributed by atoms with Crippen molar-refractivity contribution in [3.05, 3.63) is 47.3 Å². The number of carbonyl (C=O) groups is 2. The Bertz CT molecular complexity index is 744. The number of halogens is 4. The number of benzene rings is 1. The van der Waals surface area contributed by atoms with E-state index in [0.717, 1.165) is 38.5 Å². The van der Waals surface area contributed by atoms with Crippen LogP contribution in [0.4, 0.5) is 17.6 Å². The number of carboxylic acids is 2. The number of aliphatic carboxylic acids is 2. The van der Waals surface area contributed by atoms with Gasteiger partial charge < -0.3 is 15.5 Å². The van der Waals surface area contributed by atoms with E-state index in [1.165, 1.54) is 6.07 Å². The second-order valence-electron chi connectivity index (χ2n) is 7.61. The fourth-order valence-electron chi connectivity index (χ4n) is 3.30. The standard InChI is InChI=1S/C17H24F4N2.C4H4O4/c1-12(2)10-23(15-5-7-22-8-6-15)11-13-3-4-14(18)9-16(13)17(19,20)21;5-3(6)1-2-4(7)8/h3-4,9,12,15,22H,5-8,10-11H2,1-2H3;1-2H,(H,5,6)(H,7,8)/b;2-1+. The number of hydrogen-bond donors (Lipinski definition) is 3. The summed E-state index contributed by atoms with van der Waals surface area (Å²) in [5, 5.41) is 18.9. The van der Waals surface area contributed by atoms with E-state index in [1.54, 1.807) is 0 Å². The van der Waals surface area contributed by atoms with E-state index in [0.29, 0.717) is 24.1 Å². The fourth-order valence-corrected chi connectivity index (χ4v) is 3.30. The third kappa shape index (κ3) is 10.4. The number of nitrogens with zero attached hydrogens (tertiary/aromatic N) is 1. The molecule has 0 unspecified atom stereocenters. The Hall–Kier alpha value is -2.46. The molecule has 0 bridgehead atoms. The summed E-state index contributed by atoms with van der Waals surface area (Å²) in [7, 11) is 0. The molecule has 1 aliphatic rings. The lowest BCUT2D eigenvalue weighted by molar-refractivity contribution is -0.138. The quantitative estimate of drug-likeness (QED) is 0.435. The topological polar surface area (TPSA) is 89.9 Å². The molecule has 0 saturated carbocycles. The third-order valence-electron chi connectivity index (χ3n) is 4.54. The predicted molar refractivity (Wildman–Crippen MR) is 107 cm³/mol. The number of nitrogens with one attached hydrogen (secondary N) is 1. The summed E-state index contributed by atoms with van der Waals surface area (Å²) >= 11 is 0. The first-order valence-corrected chi connectivity index (χ1v) is 9.84. The van der Waals surface area contributed by atoms with Crippen LogP contribution in [0.15, 0.2) is 30.4 Å². The predicted octanol–water partition coefficient (Wildman–Crippen LogP) is 3.77. The molecule has 1 aromatic rings. The summed E-state index contributed by atoms with van der Waals surface area (Å²) in [6.07, 6.45) is -1.57. The fraction of sp³-hybridized carbons (Fsp3) is 0.524. The normalized spacial score (nSPS) is 15.2. The molecule has 2 rings (SSSR count). The number of carboxylic acid groups (broad SMARTS) is 2. The van der Waals surface area contributed by atoms with Crippen LogP contribution in [0.2, 0.25) is 0 Å². The maximum atomic E-state index is 13.3. The Balaban J connectivity index is 0.000000512. The van der Waals surface area contributed by atoms with Crippen molar-refractivity contribution in [2.45, 2.75) is 45.5 Å². The number of alkyl halides is 3. The lowest BCUT2D eigenvalue weighted by Crippen LogP contribution is -2.44. The molecule has 6 nitrogen and oxygen atoms in total. The average molecular weight is 448 g/mol. The largest absolute Gasteiger partial charge is 0.478 e. The highest BCUT2D eigenvalue weighted by molar-refractivity contribution is 5.89. The molecule has 0 amide bonds. The van der Waals surface area contributed by atoms with Crippen LogP contribution in [-0.4, -0.2) is 52.7 Å². The summed E-state index contributed by atoms with van der Waals surface area (Å²) in [6.45, 7) is 6.83. The van der Waals surface area contributed by atoms with Crippen LogP contribution in [0.3, 0.4) is 0 Å². The Kier molecular flexibility index (Phi) is 10.6. The summed E-state index contributed by atoms with van der Waals surface area (Å²) in [5.74, 6) is -3.00. The molecule has 1 aliphatic heterocycles. The highest BCUT2D eigenvalue weighted by Gasteiger charge is 2.34. The van der Waals surface area contributed by atoms with Gasteiger partial charge in [-0.1, -0.05) is 19.9 Å². The van der Waals surface area contributed by atoms with Crippen molar-refractivity contribution in [1.82, 2.24) is 10.2 Å². The van der Waals surface area contributed by atoms with Gasteiger partial charge in [0.1, 0.15) is 5.82 Å². The van der Waals surface area contributed by atoms with E-state index in [1.807, 2.05) is 0 Å². The second kappa shape index (κ2) is 12.4. The molecular formula is C21H28F4N2O4. The summed E-state index contributed by atoms with van der Waals surface area (Å²) < 4.78 is 52.8. The van der Waals surface area contributed by atoms with Crippen LogP contribution in [0.1, 0.15) is 37.8 Å². The Labute approximate surface area is 178 Å². The smallest absolute Gasteiger partial charge is 0.416 e. The summed E-state index contributed by atoms with van der Waals surface area (Å²) in [6, 6.07) is 3.25. The van der Waals surface area contributed by atoms with E-state index >= 15 is 0 Å². The van der Waals surface area contributed by atoms with Gasteiger partial charge in [0.05, 0.1) is 5.56 Å². The lowest BCUT2D eigenvalue weighted by Gasteiger charge is -2.36. The van der Waals surface area contributed by atoms with E-state index in [-0.39, 0.29) is 18.2 Å². The van der Waals surface area contributed by atoms with Crippen molar-refractivity contribution >= 4 is 11.9 Å². The number of hydrogen-bond acceptors (Lipinski definition) is 4. The third-order valence-corrected chi connectivity index (χ3v) is 4.54. The summed E-state index contributed by atoms with van der Waals surface area (Å²) in [4.78, 5) is 21.2. The monoisotopic (exact) mass is 448 g/mol. The molecule has 3 N–H and O–H groups in total. The molecule has 0 atom stereocenters. The van der Waals surface area contributed by atoms with E-state index in [2.05, 4.69) is 24.1 Å². The van der Waals surface area contributed by atoms with Gasteiger partial charge in [0.15, 0.2) is 0 Å². The van der Waals surface area contributed by atoms with E-state index < -0.39 is 29.5 Å². The van der Waals surface area contributed by atoms with E-state index in [9.17, 15) is 27.2 Å². The number of piperidine rings is 1. The van der Waals surface area contributed by atoms with Crippen LogP contribution in [0, 0.1) is 11.7 Å². The molecule has 174 valence electrons. The van der Waals surface area contributed by atoms with Crippen LogP contribution in [-0.2, 0) is 22.3 Å². The highest BCUT2D eigenvalue weighted by Crippen LogP contribution is 2.33. The van der Waals surface area contributed by atoms with Gasteiger partial charge in [0, 0.05) is 31.3 Å². The molecule has 0 aromatic heterocycles. The van der Waals surface area contributed by atoms with Gasteiger partial charge in [-0.2, -0.15) is 13.2 Å². The molecular weight excluding hydrogens is 420 g/mol. The zero-order valence-corrected chi connectivity index (χ0v) is 17.5. The first-order chi connectivity index (χ1) is 14.4. The molecule has 31 heavy (non-hydrogen) atoms. The zero-order valence-electron chi connectivity index (χ0n) is 17.5. The molecule has 0 aliphatic carbocycles. The van der Waals surface area contributed by atoms with Gasteiger partial charge in [-0.05, 0) is 49.5 Å². The molecule has 1 fully saturated rings. The molecule has 0 radical (unpaired) electrons. The Morgan fingerprint density at radius 3 is 2.16 bits per heavy atom. The summed E-state index contributed by atoms with van der Waals surface area (Å²) in [5.41, 5.74) is -0.710. The van der Waals surface area contributed by atoms with E-state index in [4.69, 9.17) is 10.2 Å². The van der Waals surface area contributed by atoms with Gasteiger partial charge in [-0.3, -0.25) is 4.90 Å². The van der Waals surface area contributed by atoms with Crippen molar-refractivity contribution in [2.24, 2.45) is 5.92 Å². The SMILES string of the molecule is CC(C)CN(Cc1ccc(F)cc1C(F)(F)F)C1CCNCC1.O=C(O)/C=C/C(=O)O. The van der Waals surface area contributed by atoms with Crippen LogP contribution in [0.5, 0.6) is 0 Å². The average Bonchev–Trinajstić information content (AvgIpc) is 2.67. The minimum atomic E-state index is -4.53. The first-order valence-electron chi connectivity index (χ1n) is 9.84. The van der Waals surface area contributed by atoms with Crippen molar-refractivity contribution in [1.29, 1.82) is 0 Å². The minimum absolute atomic E-state index is 0.151. The van der Waals surface area contributed by atoms with Gasteiger partial charge >= 0.3 is 18.1 Å². The van der Waals surface area contributed by atoms with Gasteiger partial charge in [-0.15, -0.1) is 0 Å². The molecule has 0 spiro atoms. The first kappa shape index (κ1) is 26.6. The molecule has 1 heterocycles. The Morgan fingerprint density at radius 2 is 1.71 bits per heavy atom. The van der Waals surface area contributed by atoms with Crippen LogP contribution < -0.4 is 5.32 Å². The molecule has 1 aromatic carbocycles. The second-order valence-corrected chi connectivity index (χ2v) is 7.61. The van der Waals surface area contributed by atoms with Crippen LogP contribution in [0.25, 0.3) is 0 Å². The Morgan fingerprint density at radius 1 is 1.16 bits per heavy atom. The highest BCUT2D eigenvalue weighted by atomic mass is 19.4. The minimum Gasteiger partial charge on any atom is -0.478 e. The van der Waals surface area contributed by atoms with Gasteiger partial charge in [-0.25, -0.2) is 14.0 Å². The van der Waals surface area contributed by atoms with Gasteiger partial charge in [0.2, 0.25) is 0 Å². The van der Waals surface area contributed by atoms with Crippen molar-refractivity contribution in [3.63, 3.8) is 0 Å². The van der Waals surface area contributed by atoms with Gasteiger partial charge in [0.25, 0.3) is 0 Å². The zero-order chi connectivity index (χ0) is 23.6. The van der Waals surface area contributed by atoms with Crippen molar-refractivity contribution in [2.75, 3.05) is 19.6 Å². The molecule has 1 saturated heterocycles. The maximum Gasteiger partial charge on any atom is 0.416 e. The lowest BCUT2D eigenvalue weighted by atomic mass is 10.00. The molecule has 10 heteroatoms. The van der Waals surface area contributed by atoms with Crippen LogP contribution >= 0.6 is 0 Å². The number of rotatable bonds is 7. The maximum absolute atomic E-state index is 13.3. The van der Waals surface area contributed by atoms with Crippen molar-refractivity contribution in [3.8, 4) is 0 Å².